The van der Waals surface area contributed by atoms with Crippen LogP contribution in [0.15, 0.2) is 24.3 Å². The number of unbranched alkanes of at least 4 members (excludes halogenated alkanes) is 51. The van der Waals surface area contributed by atoms with E-state index in [2.05, 4.69) is 43.5 Å². The Kier molecular flexibility index (Phi) is 65.4. The van der Waals surface area contributed by atoms with Crippen LogP contribution in [-0.4, -0.2) is 47.4 Å². The standard InChI is InChI=1S/C71H137NO5/c1-3-5-7-9-11-13-14-15-16-17-36-39-42-45-49-53-57-61-65-71(76)77-66-62-58-54-50-46-43-40-37-34-32-30-28-26-24-22-20-18-19-21-23-25-27-29-31-33-35-38-41-44-48-52-56-60-64-70(75)72-68(67-73)69(74)63-59-55-51-47-12-10-8-6-4-2/h22,24,28,30,68-69,73-74H,3-21,23,25-27,29,31-67H2,1-2H3,(H,72,75)/b24-22-,30-28-. The Morgan fingerprint density at radius 3 is 0.987 bits per heavy atom. The lowest BCUT2D eigenvalue weighted by Crippen LogP contribution is -2.45. The third-order valence-corrected chi connectivity index (χ3v) is 16.5. The van der Waals surface area contributed by atoms with Crippen LogP contribution in [-0.2, 0) is 14.3 Å². The number of allylic oxidation sites excluding steroid dienone is 4. The van der Waals surface area contributed by atoms with Crippen LogP contribution in [0.2, 0.25) is 0 Å². The molecule has 0 bridgehead atoms. The van der Waals surface area contributed by atoms with Crippen molar-refractivity contribution < 1.29 is 24.5 Å². The summed E-state index contributed by atoms with van der Waals surface area (Å²) in [5.74, 6) is -0.0148. The maximum atomic E-state index is 12.4. The van der Waals surface area contributed by atoms with Crippen LogP contribution in [0, 0.1) is 0 Å². The van der Waals surface area contributed by atoms with Gasteiger partial charge in [0.15, 0.2) is 0 Å². The number of hydrogen-bond donors (Lipinski definition) is 3. The van der Waals surface area contributed by atoms with Crippen LogP contribution >= 0.6 is 0 Å². The Morgan fingerprint density at radius 1 is 0.364 bits per heavy atom. The lowest BCUT2D eigenvalue weighted by atomic mass is 10.0. The molecule has 0 fully saturated rings. The van der Waals surface area contributed by atoms with Gasteiger partial charge >= 0.3 is 5.97 Å². The zero-order valence-corrected chi connectivity index (χ0v) is 52.2. The number of rotatable bonds is 66. The molecule has 6 nitrogen and oxygen atoms in total. The maximum absolute atomic E-state index is 12.4. The number of carbonyl (C=O) groups excluding carboxylic acids is 2. The first-order chi connectivity index (χ1) is 38.0. The minimum atomic E-state index is -0.660. The average Bonchev–Trinajstić information content (AvgIpc) is 3.43. The molecule has 0 aromatic rings. The first kappa shape index (κ1) is 75.3. The SMILES string of the molecule is CCCCCCCCCCCCCCCCCCCCC(=O)OCCCCCCCCCCC/C=C\C/C=C\CCCCCCCCCCCCCCCCCCCC(=O)NC(CO)C(O)CCCCCCCCCCC. The molecular weight excluding hydrogens is 947 g/mol. The minimum Gasteiger partial charge on any atom is -0.466 e. The van der Waals surface area contributed by atoms with Crippen molar-refractivity contribution >= 4 is 11.9 Å². The van der Waals surface area contributed by atoms with E-state index in [1.165, 1.54) is 315 Å². The monoisotopic (exact) mass is 1080 g/mol. The van der Waals surface area contributed by atoms with Gasteiger partial charge in [0.25, 0.3) is 0 Å². The van der Waals surface area contributed by atoms with Gasteiger partial charge in [-0.3, -0.25) is 9.59 Å². The summed E-state index contributed by atoms with van der Waals surface area (Å²) < 4.78 is 5.51. The Morgan fingerprint density at radius 2 is 0.649 bits per heavy atom. The lowest BCUT2D eigenvalue weighted by Gasteiger charge is -2.22. The fourth-order valence-corrected chi connectivity index (χ4v) is 11.1. The summed E-state index contributed by atoms with van der Waals surface area (Å²) in [5, 5.41) is 23.1. The van der Waals surface area contributed by atoms with Crippen molar-refractivity contribution in [2.75, 3.05) is 13.2 Å². The van der Waals surface area contributed by atoms with Crippen LogP contribution in [0.5, 0.6) is 0 Å². The summed E-state index contributed by atoms with van der Waals surface area (Å²) >= 11 is 0. The molecule has 0 aliphatic carbocycles. The second-order valence-electron chi connectivity index (χ2n) is 24.2. The summed E-state index contributed by atoms with van der Waals surface area (Å²) in [6, 6.07) is -0.537. The number of aliphatic hydroxyl groups is 2. The van der Waals surface area contributed by atoms with E-state index in [0.29, 0.717) is 25.9 Å². The topological polar surface area (TPSA) is 95.9 Å². The van der Waals surface area contributed by atoms with E-state index in [0.717, 1.165) is 44.9 Å². The van der Waals surface area contributed by atoms with E-state index in [-0.39, 0.29) is 18.5 Å². The summed E-state index contributed by atoms with van der Waals surface area (Å²) in [6.07, 6.45) is 83.9. The molecule has 0 saturated carbocycles. The van der Waals surface area contributed by atoms with Crippen LogP contribution in [0.3, 0.4) is 0 Å². The van der Waals surface area contributed by atoms with Crippen LogP contribution in [0.1, 0.15) is 393 Å². The van der Waals surface area contributed by atoms with E-state index in [1.54, 1.807) is 0 Å². The van der Waals surface area contributed by atoms with E-state index >= 15 is 0 Å². The van der Waals surface area contributed by atoms with Crippen LogP contribution in [0.25, 0.3) is 0 Å². The van der Waals surface area contributed by atoms with Gasteiger partial charge in [0.1, 0.15) is 0 Å². The first-order valence-corrected chi connectivity index (χ1v) is 35.1. The number of aliphatic hydroxyl groups excluding tert-OH is 2. The fourth-order valence-electron chi connectivity index (χ4n) is 11.1. The molecule has 2 atom stereocenters. The van der Waals surface area contributed by atoms with E-state index in [4.69, 9.17) is 4.74 Å². The predicted octanol–water partition coefficient (Wildman–Crippen LogP) is 22.5. The van der Waals surface area contributed by atoms with Crippen molar-refractivity contribution in [3.63, 3.8) is 0 Å². The number of ether oxygens (including phenoxy) is 1. The third-order valence-electron chi connectivity index (χ3n) is 16.5. The second-order valence-corrected chi connectivity index (χ2v) is 24.2. The van der Waals surface area contributed by atoms with Crippen molar-refractivity contribution in [2.24, 2.45) is 0 Å². The minimum absolute atomic E-state index is 0.0191. The molecule has 0 saturated heterocycles. The normalized spacial score (nSPS) is 12.6. The Bertz CT molecular complexity index is 1200. The molecule has 77 heavy (non-hydrogen) atoms. The second kappa shape index (κ2) is 66.8. The van der Waals surface area contributed by atoms with E-state index in [9.17, 15) is 19.8 Å². The highest BCUT2D eigenvalue weighted by molar-refractivity contribution is 5.76. The van der Waals surface area contributed by atoms with Crippen molar-refractivity contribution in [1.82, 2.24) is 5.32 Å². The third kappa shape index (κ3) is 63.4. The smallest absolute Gasteiger partial charge is 0.305 e. The Hall–Kier alpha value is -1.66. The van der Waals surface area contributed by atoms with Gasteiger partial charge in [-0.2, -0.15) is 0 Å². The van der Waals surface area contributed by atoms with E-state index in [1.807, 2.05) is 0 Å². The Balaban J connectivity index is 3.33. The molecule has 0 heterocycles. The molecule has 0 radical (unpaired) electrons. The number of nitrogens with one attached hydrogen (secondary N) is 1. The van der Waals surface area contributed by atoms with Crippen LogP contribution in [0.4, 0.5) is 0 Å². The van der Waals surface area contributed by atoms with Gasteiger partial charge < -0.3 is 20.3 Å². The lowest BCUT2D eigenvalue weighted by molar-refractivity contribution is -0.143. The highest BCUT2D eigenvalue weighted by Crippen LogP contribution is 2.19. The molecular formula is C71H137NO5. The highest BCUT2D eigenvalue weighted by Gasteiger charge is 2.20. The Labute approximate surface area is 481 Å². The molecule has 1 amide bonds. The molecule has 0 aromatic carbocycles. The van der Waals surface area contributed by atoms with Crippen molar-refractivity contribution in [1.29, 1.82) is 0 Å². The van der Waals surface area contributed by atoms with Gasteiger partial charge in [0.2, 0.25) is 5.91 Å². The first-order valence-electron chi connectivity index (χ1n) is 35.1. The molecule has 0 spiro atoms. The zero-order chi connectivity index (χ0) is 55.7. The van der Waals surface area contributed by atoms with Crippen molar-refractivity contribution in [3.8, 4) is 0 Å². The number of amides is 1. The highest BCUT2D eigenvalue weighted by atomic mass is 16.5. The molecule has 456 valence electrons. The molecule has 2 unspecified atom stereocenters. The van der Waals surface area contributed by atoms with Gasteiger partial charge in [-0.05, 0) is 57.8 Å². The van der Waals surface area contributed by atoms with Crippen molar-refractivity contribution in [3.05, 3.63) is 24.3 Å². The van der Waals surface area contributed by atoms with E-state index < -0.39 is 12.1 Å². The fraction of sp³-hybridized carbons (Fsp3) is 0.915. The quantitative estimate of drug-likeness (QED) is 0.0320. The molecule has 6 heteroatoms. The van der Waals surface area contributed by atoms with Crippen LogP contribution < -0.4 is 5.32 Å². The van der Waals surface area contributed by atoms with Gasteiger partial charge in [-0.1, -0.05) is 346 Å². The van der Waals surface area contributed by atoms with Gasteiger partial charge in [-0.25, -0.2) is 0 Å². The number of hydrogen-bond acceptors (Lipinski definition) is 5. The summed E-state index contributed by atoms with van der Waals surface area (Å²) in [6.45, 7) is 4.96. The predicted molar refractivity (Wildman–Crippen MR) is 338 cm³/mol. The van der Waals surface area contributed by atoms with Gasteiger partial charge in [-0.15, -0.1) is 0 Å². The number of esters is 1. The van der Waals surface area contributed by atoms with Gasteiger partial charge in [0.05, 0.1) is 25.4 Å². The summed E-state index contributed by atoms with van der Waals surface area (Å²) in [5.41, 5.74) is 0. The summed E-state index contributed by atoms with van der Waals surface area (Å²) in [4.78, 5) is 24.5. The maximum Gasteiger partial charge on any atom is 0.305 e. The molecule has 0 aromatic heterocycles. The summed E-state index contributed by atoms with van der Waals surface area (Å²) in [7, 11) is 0. The van der Waals surface area contributed by atoms with Crippen molar-refractivity contribution in [2.45, 2.75) is 405 Å². The molecule has 0 aliphatic heterocycles. The molecule has 0 rings (SSSR count). The zero-order valence-electron chi connectivity index (χ0n) is 52.2. The van der Waals surface area contributed by atoms with Gasteiger partial charge in [0, 0.05) is 12.8 Å². The number of carbonyl (C=O) groups is 2. The largest absolute Gasteiger partial charge is 0.466 e. The average molecular weight is 1080 g/mol. The molecule has 3 N–H and O–H groups in total. The molecule has 0 aliphatic rings.